The molecule has 7 nitrogen and oxygen atoms in total. The summed E-state index contributed by atoms with van der Waals surface area (Å²) in [6.45, 7) is 6.98. The number of carbonyl (C=O) groups is 2. The van der Waals surface area contributed by atoms with E-state index >= 15 is 0 Å². The first-order valence-electron chi connectivity index (χ1n) is 7.39. The minimum absolute atomic E-state index is 0.0267. The Balaban J connectivity index is 2.00. The zero-order valence-electron chi connectivity index (χ0n) is 12.7. The molecule has 2 rings (SSSR count). The Bertz CT molecular complexity index is 555. The molecule has 1 saturated heterocycles. The normalized spacial score (nSPS) is 19.7. The van der Waals surface area contributed by atoms with Crippen molar-refractivity contribution in [3.05, 3.63) is 30.1 Å². The van der Waals surface area contributed by atoms with Gasteiger partial charge in [-0.3, -0.25) is 14.7 Å². The van der Waals surface area contributed by atoms with Gasteiger partial charge in [-0.2, -0.15) is 5.10 Å². The third kappa shape index (κ3) is 3.73. The highest BCUT2D eigenvalue weighted by Crippen LogP contribution is 2.26. The zero-order valence-corrected chi connectivity index (χ0v) is 12.7. The maximum absolute atomic E-state index is 12.4. The summed E-state index contributed by atoms with van der Waals surface area (Å²) < 4.78 is 5.39. The Kier molecular flexibility index (Phi) is 5.32. The number of H-pyrrole nitrogens is 1. The van der Waals surface area contributed by atoms with Crippen LogP contribution in [0.4, 0.5) is 0 Å². The molecule has 22 heavy (non-hydrogen) atoms. The van der Waals surface area contributed by atoms with Gasteiger partial charge in [0, 0.05) is 24.7 Å². The lowest BCUT2D eigenvalue weighted by molar-refractivity contribution is -0.143. The highest BCUT2D eigenvalue weighted by Gasteiger charge is 2.29. The van der Waals surface area contributed by atoms with Crippen molar-refractivity contribution >= 4 is 11.8 Å². The number of nitrogens with two attached hydrogens (primary N) is 1. The molecule has 0 aliphatic carbocycles. The van der Waals surface area contributed by atoms with E-state index in [1.54, 1.807) is 24.0 Å². The van der Waals surface area contributed by atoms with Crippen LogP contribution in [0.25, 0.3) is 0 Å². The lowest BCUT2D eigenvalue weighted by Gasteiger charge is -2.33. The molecule has 2 amide bonds. The molecule has 0 spiro atoms. The summed E-state index contributed by atoms with van der Waals surface area (Å²) in [5, 5.41) is 6.74. The fourth-order valence-electron chi connectivity index (χ4n) is 2.64. The number of piperidine rings is 1. The third-order valence-electron chi connectivity index (χ3n) is 3.83. The van der Waals surface area contributed by atoms with Gasteiger partial charge in [0.25, 0.3) is 11.8 Å². The van der Waals surface area contributed by atoms with Crippen LogP contribution in [0.3, 0.4) is 0 Å². The van der Waals surface area contributed by atoms with Crippen molar-refractivity contribution < 1.29 is 14.3 Å². The lowest BCUT2D eigenvalue weighted by Crippen LogP contribution is -2.44. The lowest BCUT2D eigenvalue weighted by atomic mass is 9.94. The first-order valence-corrected chi connectivity index (χ1v) is 7.39. The van der Waals surface area contributed by atoms with E-state index in [-0.39, 0.29) is 17.5 Å². The van der Waals surface area contributed by atoms with Crippen LogP contribution < -0.4 is 5.73 Å². The number of nitrogens with zero attached hydrogens (tertiary/aromatic N) is 2. The molecule has 1 fully saturated rings. The van der Waals surface area contributed by atoms with Crippen molar-refractivity contribution in [3.8, 4) is 0 Å². The number of rotatable bonds is 6. The van der Waals surface area contributed by atoms with Gasteiger partial charge in [-0.1, -0.05) is 6.08 Å². The maximum atomic E-state index is 12.4. The number of amides is 2. The number of aromatic nitrogens is 2. The Morgan fingerprint density at radius 1 is 1.68 bits per heavy atom. The topological polar surface area (TPSA) is 101 Å². The fraction of sp³-hybridized carbons (Fsp3) is 0.533. The minimum atomic E-state index is -0.558. The molecule has 1 aliphatic heterocycles. The molecule has 0 radical (unpaired) electrons. The van der Waals surface area contributed by atoms with Crippen LogP contribution in [0.1, 0.15) is 41.9 Å². The maximum Gasteiger partial charge on any atom is 0.269 e. The molecule has 120 valence electrons. The van der Waals surface area contributed by atoms with Gasteiger partial charge in [0.05, 0.1) is 6.61 Å². The monoisotopic (exact) mass is 306 g/mol. The number of primary amides is 1. The van der Waals surface area contributed by atoms with Crippen LogP contribution in [-0.2, 0) is 9.53 Å². The van der Waals surface area contributed by atoms with Crippen LogP contribution in [-0.4, -0.2) is 52.7 Å². The van der Waals surface area contributed by atoms with Crippen molar-refractivity contribution in [2.75, 3.05) is 19.7 Å². The standard InChI is InChI=1S/C15H22N4O3/c1-3-7-22-10(2)15(21)19-6-4-5-11(9-19)12-8-13(14(16)20)18-17-12/h3,8,10-11H,1,4-7,9H2,2H3,(H2,16,20)(H,17,18)/t10-,11+/m0/s1. The van der Waals surface area contributed by atoms with E-state index in [2.05, 4.69) is 16.8 Å². The smallest absolute Gasteiger partial charge is 0.269 e. The summed E-state index contributed by atoms with van der Waals surface area (Å²) >= 11 is 0. The molecule has 2 atom stereocenters. The van der Waals surface area contributed by atoms with Crippen LogP contribution in [0, 0.1) is 0 Å². The van der Waals surface area contributed by atoms with Crippen LogP contribution in [0.5, 0.6) is 0 Å². The van der Waals surface area contributed by atoms with Gasteiger partial charge >= 0.3 is 0 Å². The van der Waals surface area contributed by atoms with Gasteiger partial charge in [-0.15, -0.1) is 6.58 Å². The van der Waals surface area contributed by atoms with Gasteiger partial charge in [-0.25, -0.2) is 0 Å². The molecule has 0 bridgehead atoms. The summed E-state index contributed by atoms with van der Waals surface area (Å²) in [6, 6.07) is 1.67. The predicted molar refractivity (Wildman–Crippen MR) is 81.3 cm³/mol. The molecule has 3 N–H and O–H groups in total. The number of hydrogen-bond acceptors (Lipinski definition) is 4. The van der Waals surface area contributed by atoms with E-state index in [0.29, 0.717) is 19.7 Å². The van der Waals surface area contributed by atoms with Crippen molar-refractivity contribution in [2.45, 2.75) is 31.8 Å². The second kappa shape index (κ2) is 7.22. The molecule has 1 aromatic rings. The van der Waals surface area contributed by atoms with Crippen molar-refractivity contribution in [2.24, 2.45) is 5.73 Å². The molecular formula is C15H22N4O3. The highest BCUT2D eigenvalue weighted by atomic mass is 16.5. The molecule has 7 heteroatoms. The average Bonchev–Trinajstić information content (AvgIpc) is 3.02. The first kappa shape index (κ1) is 16.2. The Labute approximate surface area is 129 Å². The van der Waals surface area contributed by atoms with E-state index in [0.717, 1.165) is 18.5 Å². The Hall–Kier alpha value is -2.15. The summed E-state index contributed by atoms with van der Waals surface area (Å²) in [7, 11) is 0. The first-order chi connectivity index (χ1) is 10.5. The summed E-state index contributed by atoms with van der Waals surface area (Å²) in [5.41, 5.74) is 6.27. The molecule has 2 heterocycles. The molecule has 0 aromatic carbocycles. The van der Waals surface area contributed by atoms with Gasteiger partial charge < -0.3 is 15.4 Å². The van der Waals surface area contributed by atoms with Crippen LogP contribution in [0.15, 0.2) is 18.7 Å². The van der Waals surface area contributed by atoms with E-state index in [9.17, 15) is 9.59 Å². The van der Waals surface area contributed by atoms with Crippen molar-refractivity contribution in [1.29, 1.82) is 0 Å². The summed E-state index contributed by atoms with van der Waals surface area (Å²) in [6.07, 6.45) is 2.97. The quantitative estimate of drug-likeness (QED) is 0.759. The second-order valence-corrected chi connectivity index (χ2v) is 5.46. The van der Waals surface area contributed by atoms with Crippen molar-refractivity contribution in [1.82, 2.24) is 15.1 Å². The predicted octanol–water partition coefficient (Wildman–Crippen LogP) is 0.806. The Morgan fingerprint density at radius 3 is 3.09 bits per heavy atom. The number of aromatic amines is 1. The minimum Gasteiger partial charge on any atom is -0.365 e. The van der Waals surface area contributed by atoms with Gasteiger partial charge in [0.1, 0.15) is 11.8 Å². The van der Waals surface area contributed by atoms with Crippen LogP contribution >= 0.6 is 0 Å². The molecular weight excluding hydrogens is 284 g/mol. The van der Waals surface area contributed by atoms with Gasteiger partial charge in [-0.05, 0) is 25.8 Å². The highest BCUT2D eigenvalue weighted by molar-refractivity contribution is 5.90. The zero-order chi connectivity index (χ0) is 16.1. The van der Waals surface area contributed by atoms with Gasteiger partial charge in [0.2, 0.25) is 0 Å². The molecule has 1 aromatic heterocycles. The SMILES string of the molecule is C=CCO[C@@H](C)C(=O)N1CCC[C@@H](c2cc(C(N)=O)n[nH]2)C1. The number of nitrogens with one attached hydrogen (secondary N) is 1. The fourth-order valence-corrected chi connectivity index (χ4v) is 2.64. The number of likely N-dealkylation sites (tertiary alicyclic amines) is 1. The molecule has 1 aliphatic rings. The number of carbonyl (C=O) groups excluding carboxylic acids is 2. The molecule has 0 unspecified atom stereocenters. The van der Waals surface area contributed by atoms with E-state index < -0.39 is 12.0 Å². The third-order valence-corrected chi connectivity index (χ3v) is 3.83. The Morgan fingerprint density at radius 2 is 2.45 bits per heavy atom. The second-order valence-electron chi connectivity index (χ2n) is 5.46. The summed E-state index contributed by atoms with van der Waals surface area (Å²) in [4.78, 5) is 25.3. The van der Waals surface area contributed by atoms with Crippen molar-refractivity contribution in [3.63, 3.8) is 0 Å². The number of hydrogen-bond donors (Lipinski definition) is 2. The van der Waals surface area contributed by atoms with E-state index in [4.69, 9.17) is 10.5 Å². The van der Waals surface area contributed by atoms with Crippen LogP contribution in [0.2, 0.25) is 0 Å². The molecule has 0 saturated carbocycles. The average molecular weight is 306 g/mol. The summed E-state index contributed by atoms with van der Waals surface area (Å²) in [5.74, 6) is -0.455. The number of ether oxygens (including phenoxy) is 1. The van der Waals surface area contributed by atoms with E-state index in [1.165, 1.54) is 0 Å². The largest absolute Gasteiger partial charge is 0.365 e. The van der Waals surface area contributed by atoms with E-state index in [1.807, 2.05) is 0 Å². The van der Waals surface area contributed by atoms with Gasteiger partial charge in [0.15, 0.2) is 0 Å².